The number of hydrogen-bond acceptors (Lipinski definition) is 2. The summed E-state index contributed by atoms with van der Waals surface area (Å²) in [5.74, 6) is 0.0149. The van der Waals surface area contributed by atoms with E-state index in [-0.39, 0.29) is 5.91 Å². The molecule has 4 nitrogen and oxygen atoms in total. The molecule has 4 rings (SSSR count). The molecule has 0 aliphatic carbocycles. The number of hydrogen-bond donors (Lipinski definition) is 1. The van der Waals surface area contributed by atoms with Crippen molar-refractivity contribution in [1.29, 1.82) is 0 Å². The van der Waals surface area contributed by atoms with Crippen LogP contribution in [0, 0.1) is 20.8 Å². The van der Waals surface area contributed by atoms with E-state index in [2.05, 4.69) is 48.0 Å². The number of fused-ring (bicyclic) bond motifs is 1. The van der Waals surface area contributed by atoms with E-state index in [1.54, 1.807) is 4.90 Å². The Labute approximate surface area is 165 Å². The molecule has 0 spiro atoms. The Morgan fingerprint density at radius 1 is 1.07 bits per heavy atom. The molecule has 0 radical (unpaired) electrons. The van der Waals surface area contributed by atoms with E-state index in [1.807, 2.05) is 50.5 Å². The van der Waals surface area contributed by atoms with E-state index in [4.69, 9.17) is 0 Å². The van der Waals surface area contributed by atoms with Gasteiger partial charge in [-0.3, -0.25) is 4.79 Å². The van der Waals surface area contributed by atoms with E-state index in [0.717, 1.165) is 33.5 Å². The average molecular weight is 371 g/mol. The van der Waals surface area contributed by atoms with Crippen molar-refractivity contribution in [3.8, 4) is 5.69 Å². The third-order valence-corrected chi connectivity index (χ3v) is 5.66. The highest BCUT2D eigenvalue weighted by atomic mass is 16.2. The van der Waals surface area contributed by atoms with Crippen molar-refractivity contribution in [3.05, 3.63) is 88.9 Å². The molecule has 0 fully saturated rings. The van der Waals surface area contributed by atoms with Crippen LogP contribution in [0.1, 0.15) is 27.2 Å². The fourth-order valence-corrected chi connectivity index (χ4v) is 3.90. The number of aryl methyl sites for hydroxylation is 1. The lowest BCUT2D eigenvalue weighted by atomic mass is 10.1. The second kappa shape index (κ2) is 7.04. The molecular formula is C24H25N3O. The molecule has 2 heterocycles. The number of nitrogens with zero attached hydrogens (tertiary/aromatic N) is 2. The molecule has 0 saturated carbocycles. The van der Waals surface area contributed by atoms with Crippen LogP contribution < -0.4 is 5.32 Å². The van der Waals surface area contributed by atoms with Gasteiger partial charge in [-0.1, -0.05) is 30.3 Å². The minimum absolute atomic E-state index is 0.0149. The average Bonchev–Trinajstić information content (AvgIpc) is 3.01. The Morgan fingerprint density at radius 3 is 2.61 bits per heavy atom. The zero-order valence-corrected chi connectivity index (χ0v) is 16.8. The predicted octanol–water partition coefficient (Wildman–Crippen LogP) is 4.63. The number of carbonyl (C=O) groups excluding carboxylic acids is 1. The highest BCUT2D eigenvalue weighted by Gasteiger charge is 2.25. The van der Waals surface area contributed by atoms with E-state index in [9.17, 15) is 4.79 Å². The highest BCUT2D eigenvalue weighted by molar-refractivity contribution is 6.09. The molecule has 0 bridgehead atoms. The van der Waals surface area contributed by atoms with Gasteiger partial charge in [-0.05, 0) is 62.4 Å². The number of rotatable bonds is 3. The Bertz CT molecular complexity index is 1130. The largest absolute Gasteiger partial charge is 0.385 e. The van der Waals surface area contributed by atoms with Crippen molar-refractivity contribution in [1.82, 2.24) is 14.8 Å². The zero-order chi connectivity index (χ0) is 19.8. The first-order chi connectivity index (χ1) is 13.5. The SMILES string of the molecule is Cc1cccc(-n2c(C)c(C(=O)N(C)C3=CC=CNC3)c3ccccc32)c1C. The first kappa shape index (κ1) is 18.1. The van der Waals surface area contributed by atoms with Gasteiger partial charge in [0.15, 0.2) is 0 Å². The molecule has 142 valence electrons. The number of amides is 1. The topological polar surface area (TPSA) is 37.3 Å². The summed E-state index contributed by atoms with van der Waals surface area (Å²) in [6.07, 6.45) is 5.79. The first-order valence-electron chi connectivity index (χ1n) is 9.54. The maximum Gasteiger partial charge on any atom is 0.260 e. The van der Waals surface area contributed by atoms with Crippen molar-refractivity contribution in [3.63, 3.8) is 0 Å². The van der Waals surface area contributed by atoms with E-state index in [0.29, 0.717) is 6.54 Å². The van der Waals surface area contributed by atoms with Crippen LogP contribution in [-0.2, 0) is 0 Å². The molecule has 1 aromatic heterocycles. The molecule has 3 aromatic rings. The van der Waals surface area contributed by atoms with Gasteiger partial charge in [-0.25, -0.2) is 0 Å². The Hall–Kier alpha value is -3.27. The van der Waals surface area contributed by atoms with Crippen LogP contribution in [0.2, 0.25) is 0 Å². The highest BCUT2D eigenvalue weighted by Crippen LogP contribution is 2.32. The molecule has 0 atom stereocenters. The maximum atomic E-state index is 13.5. The molecule has 1 N–H and O–H groups in total. The van der Waals surface area contributed by atoms with Crippen LogP contribution in [0.15, 0.2) is 66.5 Å². The van der Waals surface area contributed by atoms with Crippen LogP contribution in [-0.4, -0.2) is 29.0 Å². The summed E-state index contributed by atoms with van der Waals surface area (Å²) in [7, 11) is 1.85. The maximum absolute atomic E-state index is 13.5. The summed E-state index contributed by atoms with van der Waals surface area (Å²) < 4.78 is 2.21. The van der Waals surface area contributed by atoms with Gasteiger partial charge in [0.05, 0.1) is 17.6 Å². The van der Waals surface area contributed by atoms with Crippen LogP contribution in [0.25, 0.3) is 16.6 Å². The van der Waals surface area contributed by atoms with Gasteiger partial charge < -0.3 is 14.8 Å². The van der Waals surface area contributed by atoms with E-state index < -0.39 is 0 Å². The number of dihydropyridines is 1. The molecule has 1 amide bonds. The summed E-state index contributed by atoms with van der Waals surface area (Å²) in [4.78, 5) is 15.2. The lowest BCUT2D eigenvalue weighted by molar-refractivity contribution is 0.0834. The molecule has 2 aromatic carbocycles. The van der Waals surface area contributed by atoms with Crippen molar-refractivity contribution >= 4 is 16.8 Å². The minimum Gasteiger partial charge on any atom is -0.385 e. The van der Waals surface area contributed by atoms with Gasteiger partial charge in [0.2, 0.25) is 0 Å². The molecular weight excluding hydrogens is 346 g/mol. The molecule has 1 aliphatic heterocycles. The second-order valence-corrected chi connectivity index (χ2v) is 7.29. The third kappa shape index (κ3) is 2.82. The van der Waals surface area contributed by atoms with Gasteiger partial charge in [0.1, 0.15) is 0 Å². The van der Waals surface area contributed by atoms with Crippen molar-refractivity contribution < 1.29 is 4.79 Å². The number of benzene rings is 2. The van der Waals surface area contributed by atoms with Crippen LogP contribution in [0.5, 0.6) is 0 Å². The fourth-order valence-electron chi connectivity index (χ4n) is 3.90. The Kier molecular flexibility index (Phi) is 4.55. The molecule has 1 aliphatic rings. The van der Waals surface area contributed by atoms with Crippen molar-refractivity contribution in [2.75, 3.05) is 13.6 Å². The minimum atomic E-state index is 0.0149. The monoisotopic (exact) mass is 371 g/mol. The summed E-state index contributed by atoms with van der Waals surface area (Å²) >= 11 is 0. The molecule has 0 saturated heterocycles. The summed E-state index contributed by atoms with van der Waals surface area (Å²) in [6.45, 7) is 6.94. The molecule has 28 heavy (non-hydrogen) atoms. The smallest absolute Gasteiger partial charge is 0.260 e. The van der Waals surface area contributed by atoms with Crippen molar-refractivity contribution in [2.45, 2.75) is 20.8 Å². The van der Waals surface area contributed by atoms with Crippen LogP contribution in [0.3, 0.4) is 0 Å². The first-order valence-corrected chi connectivity index (χ1v) is 9.54. The third-order valence-electron chi connectivity index (χ3n) is 5.66. The fraction of sp³-hybridized carbons (Fsp3) is 0.208. The number of aromatic nitrogens is 1. The van der Waals surface area contributed by atoms with Crippen molar-refractivity contribution in [2.24, 2.45) is 0 Å². The van der Waals surface area contributed by atoms with Gasteiger partial charge in [0, 0.05) is 29.5 Å². The van der Waals surface area contributed by atoms with E-state index in [1.165, 1.54) is 11.1 Å². The lowest BCUT2D eigenvalue weighted by Gasteiger charge is -2.23. The Balaban J connectivity index is 1.92. The number of likely N-dealkylation sites (N-methyl/N-ethyl adjacent to an activating group) is 1. The van der Waals surface area contributed by atoms with Crippen LogP contribution in [0.4, 0.5) is 0 Å². The predicted molar refractivity (Wildman–Crippen MR) is 115 cm³/mol. The number of para-hydroxylation sites is 1. The summed E-state index contributed by atoms with van der Waals surface area (Å²) in [6, 6.07) is 14.5. The number of carbonyl (C=O) groups is 1. The van der Waals surface area contributed by atoms with Gasteiger partial charge in [0.25, 0.3) is 5.91 Å². The normalized spacial score (nSPS) is 13.4. The van der Waals surface area contributed by atoms with Gasteiger partial charge in [-0.2, -0.15) is 0 Å². The quantitative estimate of drug-likeness (QED) is 0.729. The van der Waals surface area contributed by atoms with E-state index >= 15 is 0 Å². The Morgan fingerprint density at radius 2 is 1.86 bits per heavy atom. The summed E-state index contributed by atoms with van der Waals surface area (Å²) in [5.41, 5.74) is 7.32. The zero-order valence-electron chi connectivity index (χ0n) is 16.8. The summed E-state index contributed by atoms with van der Waals surface area (Å²) in [5, 5.41) is 4.15. The van der Waals surface area contributed by atoms with Gasteiger partial charge >= 0.3 is 0 Å². The standard InChI is InChI=1S/C24H25N3O/c1-16-9-7-13-21(17(16)2)27-18(3)23(20-11-5-6-12-22(20)27)24(28)26(4)19-10-8-14-25-15-19/h5-14,25H,15H2,1-4H3. The molecule has 4 heteroatoms. The molecule has 0 unspecified atom stereocenters. The second-order valence-electron chi connectivity index (χ2n) is 7.29. The van der Waals surface area contributed by atoms with Crippen LogP contribution >= 0.6 is 0 Å². The lowest BCUT2D eigenvalue weighted by Crippen LogP contribution is -2.32. The van der Waals surface area contributed by atoms with Gasteiger partial charge in [-0.15, -0.1) is 0 Å². The number of allylic oxidation sites excluding steroid dienone is 2. The number of nitrogens with one attached hydrogen (secondary N) is 1.